The minimum atomic E-state index is -4.70. The van der Waals surface area contributed by atoms with Gasteiger partial charge in [-0.3, -0.25) is 5.01 Å². The third kappa shape index (κ3) is 7.54. The standard InChI is InChI=1S/C26H27F3N6O9S/c1-16(2)42-25(37)40-15-41-35-34(44-35)32-13-20(14-32)43-24(36)31-45(38,39)21-10-8-19(9-11-21)33-22(12-23(30-33)26(27,28)29)18-6-4-17(3)5-7-18/h4-12,16,20H,13-15H2,1-3H3,(H,31,36). The average Bonchev–Trinajstić information content (AvgIpc) is 3.53. The molecule has 5 rings (SSSR count). The largest absolute Gasteiger partial charge is 0.511 e. The molecule has 1 saturated heterocycles. The van der Waals surface area contributed by atoms with Crippen molar-refractivity contribution in [2.75, 3.05) is 24.9 Å². The van der Waals surface area contributed by atoms with Crippen LogP contribution in [0.3, 0.4) is 0 Å². The summed E-state index contributed by atoms with van der Waals surface area (Å²) in [7, 11) is -4.39. The number of carbonyl (C=O) groups is 2. The van der Waals surface area contributed by atoms with Gasteiger partial charge >= 0.3 is 18.4 Å². The third-order valence-corrected chi connectivity index (χ3v) is 7.56. The summed E-state index contributed by atoms with van der Waals surface area (Å²) in [6.07, 6.45) is -7.90. The van der Waals surface area contributed by atoms with Crippen LogP contribution in [0.2, 0.25) is 0 Å². The van der Waals surface area contributed by atoms with Gasteiger partial charge in [-0.1, -0.05) is 29.8 Å². The number of ether oxygens (including phenoxy) is 3. The zero-order valence-electron chi connectivity index (χ0n) is 23.9. The smallest absolute Gasteiger partial charge is 0.442 e. The molecule has 1 N–H and O–H groups in total. The van der Waals surface area contributed by atoms with E-state index in [1.807, 2.05) is 6.92 Å². The first-order chi connectivity index (χ1) is 21.2. The van der Waals surface area contributed by atoms with Crippen molar-refractivity contribution < 1.29 is 54.9 Å². The number of carbonyl (C=O) groups excluding carboxylic acids is 2. The van der Waals surface area contributed by atoms with Crippen molar-refractivity contribution >= 4 is 22.3 Å². The molecule has 3 heterocycles. The van der Waals surface area contributed by atoms with Gasteiger partial charge in [0.05, 0.1) is 40.4 Å². The van der Waals surface area contributed by atoms with Gasteiger partial charge in [0.2, 0.25) is 0 Å². The Morgan fingerprint density at radius 3 is 2.38 bits per heavy atom. The Hall–Kier alpha value is -5.07. The van der Waals surface area contributed by atoms with E-state index in [4.69, 9.17) is 18.9 Å². The van der Waals surface area contributed by atoms with Gasteiger partial charge in [0.15, 0.2) is 5.69 Å². The lowest BCUT2D eigenvalue weighted by Gasteiger charge is -2.34. The van der Waals surface area contributed by atoms with Crippen LogP contribution in [0, 0.1) is 6.92 Å². The van der Waals surface area contributed by atoms with Gasteiger partial charge in [-0.15, -0.1) is 0 Å². The van der Waals surface area contributed by atoms with Crippen molar-refractivity contribution in [2.24, 2.45) is 0 Å². The number of aromatic nitrogens is 4. The zero-order chi connectivity index (χ0) is 32.5. The molecule has 15 nitrogen and oxygen atoms in total. The van der Waals surface area contributed by atoms with Gasteiger partial charge in [-0.25, -0.2) is 27.4 Å². The van der Waals surface area contributed by atoms with Crippen molar-refractivity contribution in [3.63, 3.8) is 0 Å². The maximum Gasteiger partial charge on any atom is 0.511 e. The molecule has 2 aromatic carbocycles. The van der Waals surface area contributed by atoms with E-state index in [-0.39, 0.29) is 35.5 Å². The quantitative estimate of drug-likeness (QED) is 0.197. The lowest BCUT2D eigenvalue weighted by molar-refractivity contribution is -0.141. The number of halogens is 3. The fourth-order valence-electron chi connectivity index (χ4n) is 4.01. The number of benzene rings is 2. The number of hydrogen-bond acceptors (Lipinski definition) is 11. The van der Waals surface area contributed by atoms with Gasteiger partial charge in [0.1, 0.15) is 11.1 Å². The maximum atomic E-state index is 13.5. The molecular formula is C26H27F3N6O9S. The Labute approximate surface area is 253 Å². The van der Waals surface area contributed by atoms with E-state index in [2.05, 4.69) is 9.84 Å². The topological polar surface area (TPSA) is 161 Å². The molecule has 2 aromatic heterocycles. The Balaban J connectivity index is 1.15. The van der Waals surface area contributed by atoms with Gasteiger partial charge in [0.25, 0.3) is 16.8 Å². The van der Waals surface area contributed by atoms with Crippen molar-refractivity contribution in [3.8, 4) is 16.9 Å². The van der Waals surface area contributed by atoms with Crippen LogP contribution in [0.5, 0.6) is 0 Å². The molecule has 0 unspecified atom stereocenters. The molecule has 0 radical (unpaired) electrons. The first kappa shape index (κ1) is 31.4. The predicted octanol–water partition coefficient (Wildman–Crippen LogP) is 3.45. The van der Waals surface area contributed by atoms with E-state index in [1.54, 1.807) is 42.8 Å². The Kier molecular flexibility index (Phi) is 8.46. The summed E-state index contributed by atoms with van der Waals surface area (Å²) in [6, 6.07) is 12.5. The van der Waals surface area contributed by atoms with Crippen molar-refractivity contribution in [1.82, 2.24) is 24.5 Å². The number of hydrogen-bond donors (Lipinski definition) is 1. The Morgan fingerprint density at radius 1 is 1.09 bits per heavy atom. The second-order valence-electron chi connectivity index (χ2n) is 10.1. The highest BCUT2D eigenvalue weighted by Crippen LogP contribution is 2.33. The molecular weight excluding hydrogens is 629 g/mol. The first-order valence-corrected chi connectivity index (χ1v) is 14.8. The summed E-state index contributed by atoms with van der Waals surface area (Å²) < 4.78 is 88.4. The lowest BCUT2D eigenvalue weighted by atomic mass is 10.1. The minimum absolute atomic E-state index is 0.130. The Bertz CT molecular complexity index is 1750. The van der Waals surface area contributed by atoms with Crippen LogP contribution in [0.25, 0.3) is 16.9 Å². The molecule has 0 bridgehead atoms. The van der Waals surface area contributed by atoms with Crippen LogP contribution in [0.4, 0.5) is 22.8 Å². The number of alkyl halides is 3. The molecule has 0 saturated carbocycles. The minimum Gasteiger partial charge on any atom is -0.442 e. The van der Waals surface area contributed by atoms with E-state index < -0.39 is 47.0 Å². The number of sulfonamides is 1. The fourth-order valence-corrected chi connectivity index (χ4v) is 4.89. The monoisotopic (exact) mass is 656 g/mol. The van der Waals surface area contributed by atoms with E-state index in [0.717, 1.165) is 38.4 Å². The zero-order valence-corrected chi connectivity index (χ0v) is 24.7. The molecule has 0 atom stereocenters. The van der Waals surface area contributed by atoms with Crippen LogP contribution in [-0.4, -0.2) is 72.5 Å². The van der Waals surface area contributed by atoms with Crippen LogP contribution in [-0.2, 0) is 30.4 Å². The number of nitrogens with one attached hydrogen (secondary N) is 1. The summed E-state index contributed by atoms with van der Waals surface area (Å²) >= 11 is 0. The normalized spacial score (nSPS) is 13.9. The van der Waals surface area contributed by atoms with Crippen LogP contribution in [0.15, 0.2) is 64.1 Å². The predicted molar refractivity (Wildman–Crippen MR) is 146 cm³/mol. The summed E-state index contributed by atoms with van der Waals surface area (Å²) in [5.41, 5.74) is 0.585. The number of amides is 1. The van der Waals surface area contributed by atoms with Gasteiger partial charge < -0.3 is 19.0 Å². The van der Waals surface area contributed by atoms with Crippen molar-refractivity contribution in [1.29, 1.82) is 0 Å². The van der Waals surface area contributed by atoms with E-state index in [9.17, 15) is 31.2 Å². The molecule has 1 amide bonds. The molecule has 1 fully saturated rings. The number of aryl methyl sites for hydroxylation is 1. The SMILES string of the molecule is Cc1ccc(-c2cc(C(F)(F)F)nn2-c2ccc(S(=O)(=O)NC(=O)OC3CN(n4on4OCOC(=O)OC(C)C)C3)cc2)cc1. The molecule has 0 aliphatic carbocycles. The van der Waals surface area contributed by atoms with E-state index in [0.29, 0.717) is 5.56 Å². The molecule has 242 valence electrons. The molecule has 0 spiro atoms. The molecule has 1 aliphatic rings. The molecule has 45 heavy (non-hydrogen) atoms. The van der Waals surface area contributed by atoms with Gasteiger partial charge in [0, 0.05) is 5.56 Å². The fraction of sp³-hybridized carbons (Fsp3) is 0.346. The summed E-state index contributed by atoms with van der Waals surface area (Å²) in [6.45, 7) is 4.92. The summed E-state index contributed by atoms with van der Waals surface area (Å²) in [5, 5.41) is 6.12. The third-order valence-electron chi connectivity index (χ3n) is 6.23. The van der Waals surface area contributed by atoms with Crippen molar-refractivity contribution in [3.05, 3.63) is 65.9 Å². The summed E-state index contributed by atoms with van der Waals surface area (Å²) in [4.78, 5) is 29.4. The highest BCUT2D eigenvalue weighted by molar-refractivity contribution is 7.90. The average molecular weight is 657 g/mol. The molecule has 4 aromatic rings. The molecule has 1 aliphatic heterocycles. The van der Waals surface area contributed by atoms with Gasteiger partial charge in [-0.2, -0.15) is 22.9 Å². The van der Waals surface area contributed by atoms with Gasteiger partial charge in [-0.05, 0) is 51.1 Å². The second-order valence-corrected chi connectivity index (χ2v) is 11.8. The lowest BCUT2D eigenvalue weighted by Crippen LogP contribution is -2.58. The first-order valence-electron chi connectivity index (χ1n) is 13.3. The van der Waals surface area contributed by atoms with Crippen molar-refractivity contribution in [2.45, 2.75) is 44.1 Å². The second kappa shape index (κ2) is 12.1. The van der Waals surface area contributed by atoms with E-state index >= 15 is 0 Å². The highest BCUT2D eigenvalue weighted by atomic mass is 32.2. The number of rotatable bonds is 10. The van der Waals surface area contributed by atoms with Crippen LogP contribution in [0.1, 0.15) is 25.1 Å². The highest BCUT2D eigenvalue weighted by Gasteiger charge is 2.38. The maximum absolute atomic E-state index is 13.5. The van der Waals surface area contributed by atoms with Crippen LogP contribution >= 0.6 is 0 Å². The van der Waals surface area contributed by atoms with E-state index in [1.165, 1.54) is 17.1 Å². The Morgan fingerprint density at radius 2 is 1.76 bits per heavy atom. The van der Waals surface area contributed by atoms with Crippen LogP contribution < -0.4 is 14.6 Å². The summed E-state index contributed by atoms with van der Waals surface area (Å²) in [5.74, 6) is 0. The number of nitrogens with zero attached hydrogens (tertiary/aromatic N) is 5. The molecule has 19 heteroatoms.